The molecule has 0 aliphatic heterocycles. The van der Waals surface area contributed by atoms with E-state index < -0.39 is 17.3 Å². The smallest absolute Gasteiger partial charge is 0.416 e. The molecular weight excluding hydrogens is 471 g/mol. The highest BCUT2D eigenvalue weighted by Crippen LogP contribution is 2.32. The zero-order valence-corrected chi connectivity index (χ0v) is 19.9. The minimum atomic E-state index is -4.54. The molecule has 9 heteroatoms. The van der Waals surface area contributed by atoms with Crippen LogP contribution in [0.5, 0.6) is 11.5 Å². The number of nitrogens with zero attached hydrogens (tertiary/aromatic N) is 3. The van der Waals surface area contributed by atoms with Crippen molar-refractivity contribution < 1.29 is 22.6 Å². The molecule has 0 unspecified atom stereocenters. The Kier molecular flexibility index (Phi) is 7.10. The van der Waals surface area contributed by atoms with E-state index in [2.05, 4.69) is 10.1 Å². The first-order chi connectivity index (χ1) is 17.2. The number of hydrogen-bond acceptors (Lipinski definition) is 5. The number of para-hydroxylation sites is 1. The summed E-state index contributed by atoms with van der Waals surface area (Å²) < 4.78 is 52.3. The average Bonchev–Trinajstić information content (AvgIpc) is 2.88. The quantitative estimate of drug-likeness (QED) is 0.289. The summed E-state index contributed by atoms with van der Waals surface area (Å²) in [5.41, 5.74) is -0.291. The van der Waals surface area contributed by atoms with Gasteiger partial charge in [-0.15, -0.1) is 0 Å². The lowest BCUT2D eigenvalue weighted by Crippen LogP contribution is -2.20. The molecule has 0 radical (unpaired) electrons. The lowest BCUT2D eigenvalue weighted by atomic mass is 10.1. The van der Waals surface area contributed by atoms with Gasteiger partial charge < -0.3 is 9.47 Å². The molecule has 0 spiro atoms. The zero-order valence-electron chi connectivity index (χ0n) is 19.9. The lowest BCUT2D eigenvalue weighted by molar-refractivity contribution is -0.137. The zero-order chi connectivity index (χ0) is 25.9. The van der Waals surface area contributed by atoms with Gasteiger partial charge in [0.2, 0.25) is 0 Å². The normalized spacial score (nSPS) is 12.7. The van der Waals surface area contributed by atoms with Gasteiger partial charge in [-0.2, -0.15) is 22.9 Å². The van der Waals surface area contributed by atoms with Crippen LogP contribution >= 0.6 is 0 Å². The predicted molar refractivity (Wildman–Crippen MR) is 133 cm³/mol. The van der Waals surface area contributed by atoms with Gasteiger partial charge in [0.15, 0.2) is 17.3 Å². The molecule has 0 aliphatic rings. The van der Waals surface area contributed by atoms with E-state index in [1.54, 1.807) is 42.5 Å². The van der Waals surface area contributed by atoms with Crippen LogP contribution in [-0.2, 0) is 6.18 Å². The molecule has 4 aromatic rings. The summed E-state index contributed by atoms with van der Waals surface area (Å²) in [6.45, 7) is 3.96. The Morgan fingerprint density at radius 2 is 1.83 bits per heavy atom. The fraction of sp³-hybridized carbons (Fsp3) is 0.222. The van der Waals surface area contributed by atoms with Crippen LogP contribution in [-0.4, -0.2) is 29.1 Å². The van der Waals surface area contributed by atoms with E-state index in [0.717, 1.165) is 23.2 Å². The number of benzene rings is 3. The molecule has 4 rings (SSSR count). The van der Waals surface area contributed by atoms with Crippen molar-refractivity contribution in [2.24, 2.45) is 5.10 Å². The van der Waals surface area contributed by atoms with Crippen molar-refractivity contribution in [1.29, 1.82) is 0 Å². The fourth-order valence-corrected chi connectivity index (χ4v) is 3.54. The first-order valence-electron chi connectivity index (χ1n) is 11.3. The van der Waals surface area contributed by atoms with Crippen LogP contribution in [0.15, 0.2) is 76.6 Å². The second-order valence-corrected chi connectivity index (χ2v) is 8.14. The second-order valence-electron chi connectivity index (χ2n) is 8.14. The van der Waals surface area contributed by atoms with Gasteiger partial charge in [-0.1, -0.05) is 31.2 Å². The van der Waals surface area contributed by atoms with Crippen LogP contribution in [0.4, 0.5) is 13.2 Å². The summed E-state index contributed by atoms with van der Waals surface area (Å²) in [4.78, 5) is 17.8. The van der Waals surface area contributed by atoms with Gasteiger partial charge in [-0.25, -0.2) is 4.98 Å². The Morgan fingerprint density at radius 1 is 1.06 bits per heavy atom. The molecular formula is C27H24F3N3O3. The average molecular weight is 496 g/mol. The Hall–Kier alpha value is -4.14. The minimum absolute atomic E-state index is 0.00399. The monoisotopic (exact) mass is 495 g/mol. The Balaban J connectivity index is 1.83. The number of fused-ring (bicyclic) bond motifs is 1. The molecule has 3 aromatic carbocycles. The number of rotatable bonds is 7. The van der Waals surface area contributed by atoms with E-state index in [4.69, 9.17) is 9.47 Å². The standard InChI is InChI=1S/C27H24F3N3O3/c1-4-17(2)36-23-13-12-18(14-24(23)35-3)16-31-33-25(19-8-7-9-20(15-19)27(28,29)30)32-22-11-6-5-10-21(22)26(33)34/h5-17H,4H2,1-3H3/t17-/m0/s1. The SMILES string of the molecule is CC[C@H](C)Oc1ccc(C=Nn2c(-c3cccc(C(F)(F)F)c3)nc3ccccc3c2=O)cc1OC. The number of alkyl halides is 3. The second kappa shape index (κ2) is 10.2. The third-order valence-corrected chi connectivity index (χ3v) is 5.61. The predicted octanol–water partition coefficient (Wildman–Crippen LogP) is 6.15. The summed E-state index contributed by atoms with van der Waals surface area (Å²) in [5, 5.41) is 4.61. The number of aromatic nitrogens is 2. The van der Waals surface area contributed by atoms with Crippen molar-refractivity contribution in [1.82, 2.24) is 9.66 Å². The van der Waals surface area contributed by atoms with Crippen LogP contribution in [0.2, 0.25) is 0 Å². The fourth-order valence-electron chi connectivity index (χ4n) is 3.54. The molecule has 0 N–H and O–H groups in total. The number of hydrogen-bond donors (Lipinski definition) is 0. The van der Waals surface area contributed by atoms with Crippen molar-refractivity contribution in [2.75, 3.05) is 7.11 Å². The first-order valence-corrected chi connectivity index (χ1v) is 11.3. The third kappa shape index (κ3) is 5.25. The van der Waals surface area contributed by atoms with E-state index in [1.807, 2.05) is 13.8 Å². The Labute approximate surface area is 205 Å². The third-order valence-electron chi connectivity index (χ3n) is 5.61. The molecule has 0 saturated heterocycles. The maximum absolute atomic E-state index is 13.4. The molecule has 0 bridgehead atoms. The minimum Gasteiger partial charge on any atom is -0.493 e. The van der Waals surface area contributed by atoms with Gasteiger partial charge in [-0.3, -0.25) is 4.79 Å². The van der Waals surface area contributed by atoms with Crippen LogP contribution in [0.3, 0.4) is 0 Å². The van der Waals surface area contributed by atoms with Crippen LogP contribution in [0.1, 0.15) is 31.4 Å². The van der Waals surface area contributed by atoms with E-state index in [-0.39, 0.29) is 17.5 Å². The van der Waals surface area contributed by atoms with Crippen molar-refractivity contribution in [2.45, 2.75) is 32.5 Å². The molecule has 1 aromatic heterocycles. The number of ether oxygens (including phenoxy) is 2. The Bertz CT molecular complexity index is 1480. The van der Waals surface area contributed by atoms with Crippen LogP contribution in [0.25, 0.3) is 22.3 Å². The summed E-state index contributed by atoms with van der Waals surface area (Å²) >= 11 is 0. The molecule has 6 nitrogen and oxygen atoms in total. The van der Waals surface area contributed by atoms with Crippen molar-refractivity contribution in [3.8, 4) is 22.9 Å². The molecule has 1 heterocycles. The highest BCUT2D eigenvalue weighted by molar-refractivity contribution is 5.82. The number of halogens is 3. The van der Waals surface area contributed by atoms with Gasteiger partial charge in [0.1, 0.15) is 0 Å². The van der Waals surface area contributed by atoms with Crippen molar-refractivity contribution in [3.63, 3.8) is 0 Å². The van der Waals surface area contributed by atoms with Gasteiger partial charge in [0, 0.05) is 5.56 Å². The highest BCUT2D eigenvalue weighted by atomic mass is 19.4. The molecule has 0 amide bonds. The largest absolute Gasteiger partial charge is 0.493 e. The molecule has 36 heavy (non-hydrogen) atoms. The summed E-state index contributed by atoms with van der Waals surface area (Å²) in [6, 6.07) is 16.4. The molecule has 0 fully saturated rings. The molecule has 1 atom stereocenters. The lowest BCUT2D eigenvalue weighted by Gasteiger charge is -2.15. The molecule has 186 valence electrons. The van der Waals surface area contributed by atoms with E-state index in [0.29, 0.717) is 28.0 Å². The van der Waals surface area contributed by atoms with Crippen LogP contribution in [0, 0.1) is 0 Å². The topological polar surface area (TPSA) is 65.7 Å². The van der Waals surface area contributed by atoms with Crippen molar-refractivity contribution in [3.05, 3.63) is 88.2 Å². The summed E-state index contributed by atoms with van der Waals surface area (Å²) in [6.07, 6.45) is -2.31. The van der Waals surface area contributed by atoms with E-state index >= 15 is 0 Å². The summed E-state index contributed by atoms with van der Waals surface area (Å²) in [5.74, 6) is 1.05. The first kappa shape index (κ1) is 25.0. The van der Waals surface area contributed by atoms with Gasteiger partial charge in [0.25, 0.3) is 5.56 Å². The maximum Gasteiger partial charge on any atom is 0.416 e. The number of methoxy groups -OCH3 is 1. The van der Waals surface area contributed by atoms with Crippen molar-refractivity contribution >= 4 is 17.1 Å². The van der Waals surface area contributed by atoms with Crippen LogP contribution < -0.4 is 15.0 Å². The van der Waals surface area contributed by atoms with Gasteiger partial charge in [-0.05, 0) is 61.4 Å². The summed E-state index contributed by atoms with van der Waals surface area (Å²) in [7, 11) is 1.52. The highest BCUT2D eigenvalue weighted by Gasteiger charge is 2.31. The molecule has 0 saturated carbocycles. The van der Waals surface area contributed by atoms with Gasteiger partial charge >= 0.3 is 6.18 Å². The molecule has 0 aliphatic carbocycles. The maximum atomic E-state index is 13.4. The van der Waals surface area contributed by atoms with Gasteiger partial charge in [0.05, 0.1) is 35.9 Å². The van der Waals surface area contributed by atoms with E-state index in [1.165, 1.54) is 25.5 Å². The van der Waals surface area contributed by atoms with E-state index in [9.17, 15) is 18.0 Å². The Morgan fingerprint density at radius 3 is 2.56 bits per heavy atom.